The second kappa shape index (κ2) is 6.77. The zero-order valence-corrected chi connectivity index (χ0v) is 16.5. The quantitative estimate of drug-likeness (QED) is 0.790. The molecule has 0 saturated heterocycles. The van der Waals surface area contributed by atoms with E-state index in [9.17, 15) is 4.79 Å². The molecule has 1 amide bonds. The summed E-state index contributed by atoms with van der Waals surface area (Å²) in [5.41, 5.74) is 1.41. The van der Waals surface area contributed by atoms with Crippen LogP contribution >= 0.6 is 27.7 Å². The monoisotopic (exact) mass is 430 g/mol. The van der Waals surface area contributed by atoms with Crippen LogP contribution in [0.2, 0.25) is 0 Å². The topological polar surface area (TPSA) is 66.3 Å². The van der Waals surface area contributed by atoms with Gasteiger partial charge in [0.05, 0.1) is 16.9 Å². The number of rotatable bonds is 2. The number of fused-ring (bicyclic) bond motifs is 2. The highest BCUT2D eigenvalue weighted by Crippen LogP contribution is 2.34. The summed E-state index contributed by atoms with van der Waals surface area (Å²) >= 11 is 4.90. The van der Waals surface area contributed by atoms with Crippen molar-refractivity contribution in [3.8, 4) is 5.75 Å². The normalized spacial score (nSPS) is 18.3. The molecular formula is C18H15BrN4O2S. The average Bonchev–Trinajstić information content (AvgIpc) is 2.66. The van der Waals surface area contributed by atoms with Crippen LogP contribution in [0.3, 0.4) is 0 Å². The fourth-order valence-electron chi connectivity index (χ4n) is 2.98. The van der Waals surface area contributed by atoms with E-state index in [4.69, 9.17) is 9.73 Å². The predicted molar refractivity (Wildman–Crippen MR) is 105 cm³/mol. The minimum atomic E-state index is -0.435. The molecule has 0 spiro atoms. The minimum absolute atomic E-state index is 0.177. The van der Waals surface area contributed by atoms with E-state index >= 15 is 0 Å². The number of hydrogen-bond acceptors (Lipinski definition) is 6. The highest BCUT2D eigenvalue weighted by molar-refractivity contribution is 9.10. The van der Waals surface area contributed by atoms with Gasteiger partial charge in [0.25, 0.3) is 5.91 Å². The summed E-state index contributed by atoms with van der Waals surface area (Å²) in [6.45, 7) is 0. The first-order valence-corrected chi connectivity index (χ1v) is 9.88. The van der Waals surface area contributed by atoms with E-state index in [1.165, 1.54) is 11.8 Å². The second-order valence-corrected chi connectivity index (χ2v) is 7.32. The number of benzene rings is 2. The van der Waals surface area contributed by atoms with Crippen LogP contribution in [-0.4, -0.2) is 29.4 Å². The molecule has 2 heterocycles. The van der Waals surface area contributed by atoms with Crippen LogP contribution < -0.4 is 20.6 Å². The van der Waals surface area contributed by atoms with Gasteiger partial charge in [-0.1, -0.05) is 36.0 Å². The number of ether oxygens (including phenoxy) is 1. The molecule has 0 bridgehead atoms. The SMILES string of the molecule is COc1ccc([C@H]2N=c3ccccc3=C3C(=O)NC(SC)=NN32)cc1Br. The van der Waals surface area contributed by atoms with Crippen molar-refractivity contribution in [2.75, 3.05) is 13.4 Å². The van der Waals surface area contributed by atoms with E-state index in [0.717, 1.165) is 26.4 Å². The number of hydrogen-bond donors (Lipinski definition) is 1. The Labute approximate surface area is 162 Å². The van der Waals surface area contributed by atoms with Gasteiger partial charge in [-0.05, 0) is 45.9 Å². The number of nitrogens with one attached hydrogen (secondary N) is 1. The van der Waals surface area contributed by atoms with E-state index in [2.05, 4.69) is 26.3 Å². The molecule has 6 nitrogen and oxygen atoms in total. The van der Waals surface area contributed by atoms with Crippen molar-refractivity contribution in [1.82, 2.24) is 10.3 Å². The lowest BCUT2D eigenvalue weighted by molar-refractivity contribution is -0.116. The van der Waals surface area contributed by atoms with Crippen molar-refractivity contribution < 1.29 is 9.53 Å². The predicted octanol–water partition coefficient (Wildman–Crippen LogP) is 1.96. The van der Waals surface area contributed by atoms with E-state index in [1.54, 1.807) is 12.1 Å². The molecule has 1 N–H and O–H groups in total. The molecule has 0 saturated carbocycles. The lowest BCUT2D eigenvalue weighted by atomic mass is 10.1. The maximum absolute atomic E-state index is 12.7. The Bertz CT molecular complexity index is 1050. The lowest BCUT2D eigenvalue weighted by Crippen LogP contribution is -2.50. The Balaban J connectivity index is 1.95. The number of hydrazone groups is 1. The van der Waals surface area contributed by atoms with Gasteiger partial charge in [0.15, 0.2) is 11.3 Å². The van der Waals surface area contributed by atoms with Gasteiger partial charge in [-0.15, -0.1) is 5.10 Å². The number of halogens is 1. The van der Waals surface area contributed by atoms with E-state index in [0.29, 0.717) is 10.9 Å². The molecule has 2 aliphatic rings. The summed E-state index contributed by atoms with van der Waals surface area (Å²) in [6, 6.07) is 13.4. The van der Waals surface area contributed by atoms with E-state index < -0.39 is 6.17 Å². The first-order valence-electron chi connectivity index (χ1n) is 7.86. The Hall–Kier alpha value is -2.32. The van der Waals surface area contributed by atoms with Crippen molar-refractivity contribution in [2.24, 2.45) is 10.1 Å². The molecule has 2 aliphatic heterocycles. The molecule has 0 unspecified atom stereocenters. The average molecular weight is 431 g/mol. The Kier molecular flexibility index (Phi) is 4.46. The molecule has 1 atom stereocenters. The van der Waals surface area contributed by atoms with Crippen molar-refractivity contribution in [2.45, 2.75) is 6.17 Å². The molecule has 26 heavy (non-hydrogen) atoms. The second-order valence-electron chi connectivity index (χ2n) is 5.67. The van der Waals surface area contributed by atoms with Crippen LogP contribution in [0.25, 0.3) is 5.70 Å². The van der Waals surface area contributed by atoms with Crippen LogP contribution in [-0.2, 0) is 4.79 Å². The summed E-state index contributed by atoms with van der Waals surface area (Å²) in [5.74, 6) is 0.558. The van der Waals surface area contributed by atoms with Gasteiger partial charge in [-0.3, -0.25) is 15.1 Å². The highest BCUT2D eigenvalue weighted by atomic mass is 79.9. The number of carbonyl (C=O) groups excluding carboxylic acids is 1. The summed E-state index contributed by atoms with van der Waals surface area (Å²) in [6.07, 6.45) is 1.44. The van der Waals surface area contributed by atoms with Gasteiger partial charge >= 0.3 is 0 Å². The van der Waals surface area contributed by atoms with E-state index in [1.807, 2.05) is 48.7 Å². The molecule has 132 valence electrons. The van der Waals surface area contributed by atoms with Gasteiger partial charge < -0.3 is 4.74 Å². The van der Waals surface area contributed by atoms with Crippen LogP contribution in [0, 0.1) is 0 Å². The Morgan fingerprint density at radius 2 is 2.08 bits per heavy atom. The van der Waals surface area contributed by atoms with Gasteiger partial charge in [0.2, 0.25) is 0 Å². The summed E-state index contributed by atoms with van der Waals surface area (Å²) < 4.78 is 6.13. The standard InChI is InChI=1S/C18H15BrN4O2S/c1-25-14-8-7-10(9-12(14)19)16-20-13-6-4-3-5-11(13)15-17(24)21-18(26-2)22-23(15)16/h3-9,16H,1-2H3,(H,21,22,24)/t16-/m0/s1. The maximum Gasteiger partial charge on any atom is 0.276 e. The summed E-state index contributed by atoms with van der Waals surface area (Å²) in [5, 5.41) is 11.2. The van der Waals surface area contributed by atoms with Crippen LogP contribution in [0.4, 0.5) is 0 Å². The third-order valence-corrected chi connectivity index (χ3v) is 5.37. The first-order chi connectivity index (χ1) is 12.6. The number of methoxy groups -OCH3 is 1. The van der Waals surface area contributed by atoms with Crippen LogP contribution in [0.15, 0.2) is 57.0 Å². The summed E-state index contributed by atoms with van der Waals surface area (Å²) in [4.78, 5) is 17.6. The molecule has 8 heteroatoms. The zero-order chi connectivity index (χ0) is 18.3. The van der Waals surface area contributed by atoms with Crippen molar-refractivity contribution in [3.05, 3.63) is 63.1 Å². The Morgan fingerprint density at radius 1 is 1.27 bits per heavy atom. The first kappa shape index (κ1) is 17.1. The van der Waals surface area contributed by atoms with Crippen molar-refractivity contribution in [3.63, 3.8) is 0 Å². The molecular weight excluding hydrogens is 416 g/mol. The number of thioether (sulfide) groups is 1. The van der Waals surface area contributed by atoms with Gasteiger partial charge in [0, 0.05) is 5.22 Å². The zero-order valence-electron chi connectivity index (χ0n) is 14.1. The molecule has 2 aromatic carbocycles. The van der Waals surface area contributed by atoms with Crippen molar-refractivity contribution in [1.29, 1.82) is 0 Å². The minimum Gasteiger partial charge on any atom is -0.496 e. The largest absolute Gasteiger partial charge is 0.496 e. The van der Waals surface area contributed by atoms with Crippen LogP contribution in [0.5, 0.6) is 5.75 Å². The molecule has 0 radical (unpaired) electrons. The van der Waals surface area contributed by atoms with E-state index in [-0.39, 0.29) is 5.91 Å². The maximum atomic E-state index is 12.7. The molecule has 4 rings (SSSR count). The molecule has 0 fully saturated rings. The van der Waals surface area contributed by atoms with Gasteiger partial charge in [-0.25, -0.2) is 5.01 Å². The molecule has 0 aromatic heterocycles. The number of amides is 1. The highest BCUT2D eigenvalue weighted by Gasteiger charge is 2.34. The third kappa shape index (κ3) is 2.79. The number of nitrogens with zero attached hydrogens (tertiary/aromatic N) is 3. The Morgan fingerprint density at radius 3 is 2.81 bits per heavy atom. The fraction of sp³-hybridized carbons (Fsp3) is 0.167. The summed E-state index contributed by atoms with van der Waals surface area (Å²) in [7, 11) is 1.62. The van der Waals surface area contributed by atoms with Crippen LogP contribution in [0.1, 0.15) is 11.7 Å². The fourth-order valence-corrected chi connectivity index (χ4v) is 3.90. The van der Waals surface area contributed by atoms with Crippen molar-refractivity contribution >= 4 is 44.5 Å². The lowest BCUT2D eigenvalue weighted by Gasteiger charge is -2.34. The van der Waals surface area contributed by atoms with Gasteiger partial charge in [-0.2, -0.15) is 0 Å². The number of amidine groups is 1. The number of carbonyl (C=O) groups is 1. The number of para-hydroxylation sites is 1. The van der Waals surface area contributed by atoms with Gasteiger partial charge in [0.1, 0.15) is 11.4 Å². The molecule has 0 aliphatic carbocycles. The smallest absolute Gasteiger partial charge is 0.276 e. The molecule has 2 aromatic rings. The third-order valence-electron chi connectivity index (χ3n) is 4.18.